The maximum absolute atomic E-state index is 11.1. The van der Waals surface area contributed by atoms with Crippen molar-refractivity contribution in [3.05, 3.63) is 36.0 Å². The van der Waals surface area contributed by atoms with Gasteiger partial charge in [0.1, 0.15) is 11.3 Å². The zero-order chi connectivity index (χ0) is 12.4. The standard InChI is InChI=1S/C13H13NO3/c1-8(2)17-12-9-5-3-4-6-11(9)14-7-10(12)13(15)16/h3-8H,1-2H3,(H,15,16). The van der Waals surface area contributed by atoms with Gasteiger partial charge < -0.3 is 9.84 Å². The zero-order valence-corrected chi connectivity index (χ0v) is 9.68. The third kappa shape index (κ3) is 2.20. The Morgan fingerprint density at radius 1 is 1.35 bits per heavy atom. The highest BCUT2D eigenvalue weighted by molar-refractivity contribution is 5.98. The van der Waals surface area contributed by atoms with Crippen LogP contribution >= 0.6 is 0 Å². The normalized spacial score (nSPS) is 10.8. The van der Waals surface area contributed by atoms with Crippen LogP contribution in [0.25, 0.3) is 10.9 Å². The Hall–Kier alpha value is -2.10. The molecule has 0 aliphatic carbocycles. The van der Waals surface area contributed by atoms with Crippen LogP contribution in [-0.2, 0) is 0 Å². The minimum Gasteiger partial charge on any atom is -0.489 e. The number of carboxylic acids is 1. The van der Waals surface area contributed by atoms with Gasteiger partial charge in [-0.3, -0.25) is 4.98 Å². The van der Waals surface area contributed by atoms with Crippen molar-refractivity contribution in [1.82, 2.24) is 4.98 Å². The molecule has 0 fully saturated rings. The van der Waals surface area contributed by atoms with Crippen LogP contribution in [0.3, 0.4) is 0 Å². The summed E-state index contributed by atoms with van der Waals surface area (Å²) in [7, 11) is 0. The van der Waals surface area contributed by atoms with Crippen molar-refractivity contribution in [2.45, 2.75) is 20.0 Å². The molecule has 1 N–H and O–H groups in total. The van der Waals surface area contributed by atoms with Crippen molar-refractivity contribution in [3.63, 3.8) is 0 Å². The highest BCUT2D eigenvalue weighted by Gasteiger charge is 2.16. The summed E-state index contributed by atoms with van der Waals surface area (Å²) < 4.78 is 5.60. The first-order chi connectivity index (χ1) is 8.09. The second-order valence-electron chi connectivity index (χ2n) is 3.99. The third-order valence-electron chi connectivity index (χ3n) is 2.31. The first kappa shape index (κ1) is 11.4. The van der Waals surface area contributed by atoms with Gasteiger partial charge in [0.05, 0.1) is 11.6 Å². The molecule has 0 aliphatic heterocycles. The Kier molecular flexibility index (Phi) is 2.95. The minimum atomic E-state index is -1.03. The molecule has 2 aromatic rings. The highest BCUT2D eigenvalue weighted by atomic mass is 16.5. The van der Waals surface area contributed by atoms with Crippen LogP contribution in [0.1, 0.15) is 24.2 Å². The van der Waals surface area contributed by atoms with E-state index in [1.165, 1.54) is 6.20 Å². The predicted octanol–water partition coefficient (Wildman–Crippen LogP) is 2.72. The van der Waals surface area contributed by atoms with E-state index in [0.717, 1.165) is 10.9 Å². The first-order valence-electron chi connectivity index (χ1n) is 5.37. The van der Waals surface area contributed by atoms with Gasteiger partial charge in [-0.1, -0.05) is 12.1 Å². The molecular weight excluding hydrogens is 218 g/mol. The van der Waals surface area contributed by atoms with Crippen LogP contribution in [0.5, 0.6) is 5.75 Å². The number of pyridine rings is 1. The number of para-hydroxylation sites is 1. The summed E-state index contributed by atoms with van der Waals surface area (Å²) in [5, 5.41) is 9.84. The second-order valence-corrected chi connectivity index (χ2v) is 3.99. The van der Waals surface area contributed by atoms with E-state index in [1.807, 2.05) is 38.1 Å². The average molecular weight is 231 g/mol. The van der Waals surface area contributed by atoms with Gasteiger partial charge in [-0.15, -0.1) is 0 Å². The number of fused-ring (bicyclic) bond motifs is 1. The lowest BCUT2D eigenvalue weighted by Crippen LogP contribution is -2.10. The third-order valence-corrected chi connectivity index (χ3v) is 2.31. The fourth-order valence-electron chi connectivity index (χ4n) is 1.63. The molecule has 0 saturated heterocycles. The number of aromatic carboxylic acids is 1. The van der Waals surface area contributed by atoms with E-state index in [2.05, 4.69) is 4.98 Å². The number of ether oxygens (including phenoxy) is 1. The van der Waals surface area contributed by atoms with Gasteiger partial charge in [0.2, 0.25) is 0 Å². The molecule has 88 valence electrons. The van der Waals surface area contributed by atoms with Gasteiger partial charge in [-0.25, -0.2) is 4.79 Å². The summed E-state index contributed by atoms with van der Waals surface area (Å²) in [5.41, 5.74) is 0.825. The fraction of sp³-hybridized carbons (Fsp3) is 0.231. The van der Waals surface area contributed by atoms with Crippen LogP contribution in [0.4, 0.5) is 0 Å². The zero-order valence-electron chi connectivity index (χ0n) is 9.68. The number of carbonyl (C=O) groups is 1. The van der Waals surface area contributed by atoms with E-state index in [0.29, 0.717) is 5.75 Å². The molecule has 17 heavy (non-hydrogen) atoms. The summed E-state index contributed by atoms with van der Waals surface area (Å²) in [6, 6.07) is 7.33. The number of nitrogens with zero attached hydrogens (tertiary/aromatic N) is 1. The van der Waals surface area contributed by atoms with Crippen molar-refractivity contribution in [2.75, 3.05) is 0 Å². The molecule has 0 atom stereocenters. The Morgan fingerprint density at radius 3 is 2.71 bits per heavy atom. The monoisotopic (exact) mass is 231 g/mol. The van der Waals surface area contributed by atoms with Crippen molar-refractivity contribution in [2.24, 2.45) is 0 Å². The van der Waals surface area contributed by atoms with E-state index in [9.17, 15) is 4.79 Å². The molecule has 0 radical (unpaired) electrons. The molecule has 1 aromatic carbocycles. The van der Waals surface area contributed by atoms with Crippen LogP contribution < -0.4 is 4.74 Å². The van der Waals surface area contributed by atoms with Crippen molar-refractivity contribution < 1.29 is 14.6 Å². The van der Waals surface area contributed by atoms with E-state index < -0.39 is 5.97 Å². The fourth-order valence-corrected chi connectivity index (χ4v) is 1.63. The molecule has 0 saturated carbocycles. The lowest BCUT2D eigenvalue weighted by molar-refractivity contribution is 0.0690. The van der Waals surface area contributed by atoms with Crippen molar-refractivity contribution >= 4 is 16.9 Å². The second kappa shape index (κ2) is 4.41. The molecule has 2 rings (SSSR count). The van der Waals surface area contributed by atoms with Crippen LogP contribution in [-0.4, -0.2) is 22.2 Å². The van der Waals surface area contributed by atoms with Gasteiger partial charge in [0, 0.05) is 11.6 Å². The predicted molar refractivity (Wildman–Crippen MR) is 64.5 cm³/mol. The number of hydrogen-bond acceptors (Lipinski definition) is 3. The summed E-state index contributed by atoms with van der Waals surface area (Å²) in [6.07, 6.45) is 1.25. The minimum absolute atomic E-state index is 0.0843. The molecule has 0 bridgehead atoms. The lowest BCUT2D eigenvalue weighted by Gasteiger charge is -2.14. The number of benzene rings is 1. The van der Waals surface area contributed by atoms with Crippen LogP contribution in [0, 0.1) is 0 Å². The molecule has 1 heterocycles. The van der Waals surface area contributed by atoms with E-state index in [-0.39, 0.29) is 11.7 Å². The number of rotatable bonds is 3. The largest absolute Gasteiger partial charge is 0.489 e. The van der Waals surface area contributed by atoms with E-state index in [1.54, 1.807) is 0 Å². The van der Waals surface area contributed by atoms with Gasteiger partial charge in [0.15, 0.2) is 0 Å². The van der Waals surface area contributed by atoms with Gasteiger partial charge in [-0.05, 0) is 26.0 Å². The van der Waals surface area contributed by atoms with E-state index in [4.69, 9.17) is 9.84 Å². The number of carboxylic acid groups (broad SMARTS) is 1. The topological polar surface area (TPSA) is 59.4 Å². The van der Waals surface area contributed by atoms with Crippen molar-refractivity contribution in [1.29, 1.82) is 0 Å². The summed E-state index contributed by atoms with van der Waals surface area (Å²) >= 11 is 0. The molecule has 0 aliphatic rings. The molecule has 0 unspecified atom stereocenters. The maximum atomic E-state index is 11.1. The van der Waals surface area contributed by atoms with Crippen molar-refractivity contribution in [3.8, 4) is 5.75 Å². The molecule has 4 nitrogen and oxygen atoms in total. The molecular formula is C13H13NO3. The quantitative estimate of drug-likeness (QED) is 0.882. The molecule has 0 spiro atoms. The van der Waals surface area contributed by atoms with Crippen LogP contribution in [0.15, 0.2) is 30.5 Å². The summed E-state index contributed by atoms with van der Waals surface area (Å²) in [6.45, 7) is 3.72. The van der Waals surface area contributed by atoms with E-state index >= 15 is 0 Å². The molecule has 1 aromatic heterocycles. The number of aromatic nitrogens is 1. The number of hydrogen-bond donors (Lipinski definition) is 1. The summed E-state index contributed by atoms with van der Waals surface area (Å²) in [4.78, 5) is 15.2. The first-order valence-corrected chi connectivity index (χ1v) is 5.37. The van der Waals surface area contributed by atoms with Gasteiger partial charge in [-0.2, -0.15) is 0 Å². The molecule has 0 amide bonds. The molecule has 4 heteroatoms. The van der Waals surface area contributed by atoms with Gasteiger partial charge in [0.25, 0.3) is 0 Å². The average Bonchev–Trinajstić information content (AvgIpc) is 2.28. The summed E-state index contributed by atoms with van der Waals surface area (Å²) in [5.74, 6) is -0.642. The van der Waals surface area contributed by atoms with Gasteiger partial charge >= 0.3 is 5.97 Å². The Bertz CT molecular complexity index is 564. The SMILES string of the molecule is CC(C)Oc1c(C(=O)O)cnc2ccccc12. The smallest absolute Gasteiger partial charge is 0.341 e. The Morgan fingerprint density at radius 2 is 2.06 bits per heavy atom. The highest BCUT2D eigenvalue weighted by Crippen LogP contribution is 2.29. The Balaban J connectivity index is 2.70. The lowest BCUT2D eigenvalue weighted by atomic mass is 10.1. The van der Waals surface area contributed by atoms with Crippen LogP contribution in [0.2, 0.25) is 0 Å². The maximum Gasteiger partial charge on any atom is 0.341 e. The Labute approximate surface area is 98.9 Å².